The van der Waals surface area contributed by atoms with Gasteiger partial charge in [-0.3, -0.25) is 4.79 Å². The number of imide groups is 1. The Labute approximate surface area is 196 Å². The Morgan fingerprint density at radius 3 is 2.30 bits per heavy atom. The number of anilines is 1. The maximum atomic E-state index is 13.1. The zero-order valence-corrected chi connectivity index (χ0v) is 19.0. The summed E-state index contributed by atoms with van der Waals surface area (Å²) in [6.07, 6.45) is 1.48. The van der Waals surface area contributed by atoms with E-state index in [9.17, 15) is 22.8 Å². The SMILES string of the molecule is CC1(C)C(=O)N(c2ccc(SC(F)(F)F)cc2)C(=O)N1Cc1cnc(-c2ccc(Cl)cc2)o1. The van der Waals surface area contributed by atoms with Crippen molar-refractivity contribution in [3.05, 3.63) is 65.5 Å². The number of aromatic nitrogens is 1. The van der Waals surface area contributed by atoms with E-state index in [1.54, 1.807) is 38.1 Å². The van der Waals surface area contributed by atoms with Gasteiger partial charge in [0.2, 0.25) is 5.89 Å². The highest BCUT2D eigenvalue weighted by molar-refractivity contribution is 8.00. The Morgan fingerprint density at radius 1 is 1.06 bits per heavy atom. The third kappa shape index (κ3) is 4.72. The minimum atomic E-state index is -4.43. The number of urea groups is 1. The van der Waals surface area contributed by atoms with Crippen LogP contribution in [0.1, 0.15) is 19.6 Å². The van der Waals surface area contributed by atoms with E-state index in [1.165, 1.54) is 35.4 Å². The molecule has 3 aromatic rings. The van der Waals surface area contributed by atoms with Crippen LogP contribution in [0.3, 0.4) is 0 Å². The molecule has 3 amide bonds. The Morgan fingerprint density at radius 2 is 1.70 bits per heavy atom. The number of alkyl halides is 3. The fourth-order valence-electron chi connectivity index (χ4n) is 3.39. The van der Waals surface area contributed by atoms with Crippen molar-refractivity contribution in [2.75, 3.05) is 4.90 Å². The molecule has 2 heterocycles. The van der Waals surface area contributed by atoms with Gasteiger partial charge in [0, 0.05) is 15.5 Å². The van der Waals surface area contributed by atoms with E-state index in [-0.39, 0.29) is 28.9 Å². The predicted molar refractivity (Wildman–Crippen MR) is 118 cm³/mol. The molecule has 0 aliphatic carbocycles. The number of hydrogen-bond donors (Lipinski definition) is 0. The lowest BCUT2D eigenvalue weighted by Crippen LogP contribution is -2.43. The molecule has 1 saturated heterocycles. The smallest absolute Gasteiger partial charge is 0.439 e. The number of oxazole rings is 1. The largest absolute Gasteiger partial charge is 0.446 e. The van der Waals surface area contributed by atoms with Crippen molar-refractivity contribution in [2.24, 2.45) is 0 Å². The molecular weight excluding hydrogens is 479 g/mol. The predicted octanol–water partition coefficient (Wildman–Crippen LogP) is 6.35. The van der Waals surface area contributed by atoms with Gasteiger partial charge in [0.05, 0.1) is 18.4 Å². The number of nitrogens with zero attached hydrogens (tertiary/aromatic N) is 3. The standard InChI is InChI=1S/C22H17ClF3N3O3S/c1-21(2)19(30)29(15-7-9-17(10-8-15)33-22(24,25)26)20(31)28(21)12-16-11-27-18(32-16)13-3-5-14(23)6-4-13/h3-11H,12H2,1-2H3. The third-order valence-electron chi connectivity index (χ3n) is 5.11. The lowest BCUT2D eigenvalue weighted by Gasteiger charge is -2.26. The molecular formula is C22H17ClF3N3O3S. The van der Waals surface area contributed by atoms with Crippen molar-refractivity contribution in [3.8, 4) is 11.5 Å². The van der Waals surface area contributed by atoms with Crippen molar-refractivity contribution in [1.29, 1.82) is 0 Å². The van der Waals surface area contributed by atoms with Gasteiger partial charge in [0.15, 0.2) is 0 Å². The Bertz CT molecular complexity index is 1190. The third-order valence-corrected chi connectivity index (χ3v) is 6.10. The molecule has 1 aliphatic heterocycles. The van der Waals surface area contributed by atoms with Gasteiger partial charge in [0.1, 0.15) is 11.3 Å². The van der Waals surface area contributed by atoms with Crippen LogP contribution in [-0.2, 0) is 11.3 Å². The quantitative estimate of drug-likeness (QED) is 0.304. The minimum Gasteiger partial charge on any atom is -0.439 e. The van der Waals surface area contributed by atoms with Crippen LogP contribution in [0.15, 0.2) is 64.0 Å². The molecule has 2 aromatic carbocycles. The molecule has 0 spiro atoms. The Kier molecular flexibility index (Phi) is 5.92. The van der Waals surface area contributed by atoms with Gasteiger partial charge in [-0.2, -0.15) is 13.2 Å². The van der Waals surface area contributed by atoms with Gasteiger partial charge < -0.3 is 9.32 Å². The summed E-state index contributed by atoms with van der Waals surface area (Å²) in [4.78, 5) is 32.6. The van der Waals surface area contributed by atoms with E-state index in [2.05, 4.69) is 4.98 Å². The van der Waals surface area contributed by atoms with E-state index in [1.807, 2.05) is 0 Å². The van der Waals surface area contributed by atoms with Crippen molar-refractivity contribution in [3.63, 3.8) is 0 Å². The zero-order chi connectivity index (χ0) is 24.0. The van der Waals surface area contributed by atoms with Crippen molar-refractivity contribution >= 4 is 41.0 Å². The normalized spacial score (nSPS) is 16.1. The average molecular weight is 496 g/mol. The molecule has 4 rings (SSSR count). The number of thioether (sulfide) groups is 1. The van der Waals surface area contributed by atoms with Crippen LogP contribution in [-0.4, -0.2) is 32.9 Å². The first-order valence-corrected chi connectivity index (χ1v) is 10.9. The van der Waals surface area contributed by atoms with Gasteiger partial charge in [-0.05, 0) is 74.1 Å². The maximum absolute atomic E-state index is 13.1. The highest BCUT2D eigenvalue weighted by Gasteiger charge is 2.52. The summed E-state index contributed by atoms with van der Waals surface area (Å²) in [7, 11) is 0. The molecule has 0 saturated carbocycles. The van der Waals surface area contributed by atoms with E-state index in [0.29, 0.717) is 22.2 Å². The Hall–Kier alpha value is -2.98. The first-order chi connectivity index (χ1) is 15.5. The summed E-state index contributed by atoms with van der Waals surface area (Å²) in [5.41, 5.74) is -4.75. The van der Waals surface area contributed by atoms with Gasteiger partial charge in [-0.25, -0.2) is 14.7 Å². The summed E-state index contributed by atoms with van der Waals surface area (Å²) < 4.78 is 43.5. The molecule has 6 nitrogen and oxygen atoms in total. The summed E-state index contributed by atoms with van der Waals surface area (Å²) in [5, 5.41) is 0.568. The number of rotatable bonds is 5. The number of hydrogen-bond acceptors (Lipinski definition) is 5. The lowest BCUT2D eigenvalue weighted by molar-refractivity contribution is -0.123. The molecule has 11 heteroatoms. The molecule has 33 heavy (non-hydrogen) atoms. The van der Waals surface area contributed by atoms with Crippen LogP contribution >= 0.6 is 23.4 Å². The van der Waals surface area contributed by atoms with E-state index in [0.717, 1.165) is 4.90 Å². The highest BCUT2D eigenvalue weighted by Crippen LogP contribution is 2.39. The second kappa shape index (κ2) is 8.42. The number of carbonyl (C=O) groups excluding carboxylic acids is 2. The number of carbonyl (C=O) groups is 2. The molecule has 0 unspecified atom stereocenters. The van der Waals surface area contributed by atoms with Crippen molar-refractivity contribution in [1.82, 2.24) is 9.88 Å². The molecule has 0 radical (unpaired) electrons. The summed E-state index contributed by atoms with van der Waals surface area (Å²) >= 11 is 5.63. The summed E-state index contributed by atoms with van der Waals surface area (Å²) in [5.74, 6) is 0.209. The maximum Gasteiger partial charge on any atom is 0.446 e. The first kappa shape index (κ1) is 23.2. The molecule has 1 aliphatic rings. The Balaban J connectivity index is 1.55. The van der Waals surface area contributed by atoms with E-state index >= 15 is 0 Å². The fraction of sp³-hybridized carbons (Fsp3) is 0.227. The zero-order valence-electron chi connectivity index (χ0n) is 17.4. The second-order valence-corrected chi connectivity index (χ2v) is 9.32. The lowest BCUT2D eigenvalue weighted by atomic mass is 10.0. The first-order valence-electron chi connectivity index (χ1n) is 9.68. The van der Waals surface area contributed by atoms with Gasteiger partial charge in [0.25, 0.3) is 5.91 Å². The molecule has 0 atom stereocenters. The second-order valence-electron chi connectivity index (χ2n) is 7.75. The monoisotopic (exact) mass is 495 g/mol. The van der Waals surface area contributed by atoms with Crippen LogP contribution in [0.4, 0.5) is 23.7 Å². The highest BCUT2D eigenvalue weighted by atomic mass is 35.5. The van der Waals surface area contributed by atoms with Crippen molar-refractivity contribution in [2.45, 2.75) is 36.3 Å². The fourth-order valence-corrected chi connectivity index (χ4v) is 4.05. The van der Waals surface area contributed by atoms with Crippen molar-refractivity contribution < 1.29 is 27.2 Å². The van der Waals surface area contributed by atoms with Crippen LogP contribution < -0.4 is 4.90 Å². The van der Waals surface area contributed by atoms with Crippen LogP contribution in [0.25, 0.3) is 11.5 Å². The molecule has 1 aromatic heterocycles. The average Bonchev–Trinajstić information content (AvgIpc) is 3.26. The topological polar surface area (TPSA) is 66.7 Å². The van der Waals surface area contributed by atoms with Gasteiger partial charge >= 0.3 is 11.5 Å². The molecule has 172 valence electrons. The number of benzene rings is 2. The van der Waals surface area contributed by atoms with E-state index < -0.39 is 23.0 Å². The molecule has 0 N–H and O–H groups in total. The van der Waals surface area contributed by atoms with Crippen LogP contribution in [0.2, 0.25) is 5.02 Å². The number of amides is 3. The van der Waals surface area contributed by atoms with Crippen LogP contribution in [0.5, 0.6) is 0 Å². The molecule has 0 bridgehead atoms. The summed E-state index contributed by atoms with van der Waals surface area (Å²) in [6, 6.07) is 11.4. The van der Waals surface area contributed by atoms with E-state index in [4.69, 9.17) is 16.0 Å². The van der Waals surface area contributed by atoms with Gasteiger partial charge in [-0.1, -0.05) is 11.6 Å². The van der Waals surface area contributed by atoms with Gasteiger partial charge in [-0.15, -0.1) is 0 Å². The van der Waals surface area contributed by atoms with Crippen LogP contribution in [0, 0.1) is 0 Å². The number of halogens is 4. The summed E-state index contributed by atoms with van der Waals surface area (Å²) in [6.45, 7) is 3.17. The minimum absolute atomic E-state index is 0.0172. The molecule has 1 fully saturated rings.